The minimum absolute atomic E-state index is 0.405. The van der Waals surface area contributed by atoms with Gasteiger partial charge in [0, 0.05) is 23.9 Å². The summed E-state index contributed by atoms with van der Waals surface area (Å²) in [7, 11) is 0. The molecule has 0 aromatic carbocycles. The average molecular weight is 268 g/mol. The van der Waals surface area contributed by atoms with E-state index in [9.17, 15) is 0 Å². The highest BCUT2D eigenvalue weighted by Crippen LogP contribution is 2.27. The Bertz CT molecular complexity index is 372. The molecule has 1 fully saturated rings. The Balaban J connectivity index is 1.96. The van der Waals surface area contributed by atoms with Crippen LogP contribution in [0.5, 0.6) is 0 Å². The lowest BCUT2D eigenvalue weighted by molar-refractivity contribution is 0.111. The molecule has 3 nitrogen and oxygen atoms in total. The fourth-order valence-electron chi connectivity index (χ4n) is 2.41. The molecule has 1 aliphatic heterocycles. The third kappa shape index (κ3) is 3.53. The first-order valence-electron chi connectivity index (χ1n) is 7.02. The third-order valence-corrected chi connectivity index (χ3v) is 4.76. The van der Waals surface area contributed by atoms with E-state index in [2.05, 4.69) is 26.1 Å². The van der Waals surface area contributed by atoms with Crippen LogP contribution in [-0.4, -0.2) is 24.2 Å². The van der Waals surface area contributed by atoms with Crippen LogP contribution >= 0.6 is 11.3 Å². The first-order valence-corrected chi connectivity index (χ1v) is 7.83. The van der Waals surface area contributed by atoms with Crippen molar-refractivity contribution in [3.63, 3.8) is 0 Å². The normalized spacial score (nSPS) is 21.4. The Morgan fingerprint density at radius 1 is 1.56 bits per heavy atom. The Hall–Kier alpha value is -0.450. The molecule has 1 aliphatic rings. The van der Waals surface area contributed by atoms with E-state index in [1.54, 1.807) is 0 Å². The molecule has 0 radical (unpaired) electrons. The van der Waals surface area contributed by atoms with Gasteiger partial charge in [0.05, 0.1) is 16.8 Å². The number of thiazole rings is 1. The lowest BCUT2D eigenvalue weighted by Crippen LogP contribution is -2.18. The van der Waals surface area contributed by atoms with Gasteiger partial charge in [-0.2, -0.15) is 0 Å². The van der Waals surface area contributed by atoms with Crippen LogP contribution in [0.1, 0.15) is 54.7 Å². The second kappa shape index (κ2) is 6.64. The monoisotopic (exact) mass is 268 g/mol. The van der Waals surface area contributed by atoms with Crippen LogP contribution < -0.4 is 5.32 Å². The van der Waals surface area contributed by atoms with Gasteiger partial charge in [0.25, 0.3) is 0 Å². The molecule has 2 heterocycles. The zero-order chi connectivity index (χ0) is 13.0. The molecule has 2 unspecified atom stereocenters. The van der Waals surface area contributed by atoms with E-state index in [1.165, 1.54) is 34.8 Å². The standard InChI is InChI=1S/C14H24N2OS/c1-4-7-15-10(2)14-11(3)16-13(18-14)9-12-6-5-8-17-12/h10,12,15H,4-9H2,1-3H3. The highest BCUT2D eigenvalue weighted by molar-refractivity contribution is 7.11. The average Bonchev–Trinajstić information content (AvgIpc) is 2.96. The maximum Gasteiger partial charge on any atom is 0.0957 e. The van der Waals surface area contributed by atoms with Crippen LogP contribution in [-0.2, 0) is 11.2 Å². The van der Waals surface area contributed by atoms with Crippen LogP contribution in [0, 0.1) is 6.92 Å². The summed E-state index contributed by atoms with van der Waals surface area (Å²) >= 11 is 1.85. The van der Waals surface area contributed by atoms with E-state index >= 15 is 0 Å². The number of hydrogen-bond donors (Lipinski definition) is 1. The molecule has 1 aromatic heterocycles. The molecule has 2 atom stereocenters. The summed E-state index contributed by atoms with van der Waals surface area (Å²) in [5.41, 5.74) is 1.18. The fraction of sp³-hybridized carbons (Fsp3) is 0.786. The molecular formula is C14H24N2OS. The molecule has 0 amide bonds. The number of hydrogen-bond acceptors (Lipinski definition) is 4. The minimum atomic E-state index is 0.405. The van der Waals surface area contributed by atoms with E-state index in [0.29, 0.717) is 12.1 Å². The number of ether oxygens (including phenoxy) is 1. The molecule has 1 saturated heterocycles. The van der Waals surface area contributed by atoms with E-state index in [0.717, 1.165) is 19.6 Å². The maximum atomic E-state index is 5.68. The highest BCUT2D eigenvalue weighted by Gasteiger charge is 2.20. The van der Waals surface area contributed by atoms with Crippen LogP contribution in [0.3, 0.4) is 0 Å². The maximum absolute atomic E-state index is 5.68. The van der Waals surface area contributed by atoms with Crippen molar-refractivity contribution in [3.8, 4) is 0 Å². The fourth-order valence-corrected chi connectivity index (χ4v) is 3.57. The van der Waals surface area contributed by atoms with Crippen molar-refractivity contribution in [1.82, 2.24) is 10.3 Å². The smallest absolute Gasteiger partial charge is 0.0957 e. The highest BCUT2D eigenvalue weighted by atomic mass is 32.1. The van der Waals surface area contributed by atoms with Crippen LogP contribution in [0.2, 0.25) is 0 Å². The molecule has 1 aromatic rings. The second-order valence-electron chi connectivity index (χ2n) is 5.07. The van der Waals surface area contributed by atoms with Gasteiger partial charge in [-0.1, -0.05) is 6.92 Å². The van der Waals surface area contributed by atoms with Crippen molar-refractivity contribution in [2.75, 3.05) is 13.2 Å². The first kappa shape index (κ1) is 14.0. The number of nitrogens with one attached hydrogen (secondary N) is 1. The molecule has 4 heteroatoms. The summed E-state index contributed by atoms with van der Waals surface area (Å²) in [6, 6.07) is 0.417. The van der Waals surface area contributed by atoms with Crippen molar-refractivity contribution in [3.05, 3.63) is 15.6 Å². The zero-order valence-corrected chi connectivity index (χ0v) is 12.5. The van der Waals surface area contributed by atoms with Gasteiger partial charge < -0.3 is 10.1 Å². The van der Waals surface area contributed by atoms with Gasteiger partial charge in [-0.05, 0) is 39.7 Å². The molecule has 2 rings (SSSR count). The van der Waals surface area contributed by atoms with Crippen LogP contribution in [0.15, 0.2) is 0 Å². The van der Waals surface area contributed by atoms with Gasteiger partial charge in [-0.15, -0.1) is 11.3 Å². The van der Waals surface area contributed by atoms with E-state index in [4.69, 9.17) is 9.72 Å². The molecule has 0 spiro atoms. The Morgan fingerprint density at radius 3 is 3.06 bits per heavy atom. The van der Waals surface area contributed by atoms with E-state index < -0.39 is 0 Å². The molecule has 0 saturated carbocycles. The van der Waals surface area contributed by atoms with Crippen molar-refractivity contribution in [2.24, 2.45) is 0 Å². The van der Waals surface area contributed by atoms with Gasteiger partial charge in [0.2, 0.25) is 0 Å². The molecule has 0 bridgehead atoms. The summed E-state index contributed by atoms with van der Waals surface area (Å²) in [6.45, 7) is 8.54. The minimum Gasteiger partial charge on any atom is -0.378 e. The number of aryl methyl sites for hydroxylation is 1. The number of aromatic nitrogens is 1. The van der Waals surface area contributed by atoms with Gasteiger partial charge in [0.1, 0.15) is 0 Å². The SMILES string of the molecule is CCCNC(C)c1sc(CC2CCCO2)nc1C. The molecule has 102 valence electrons. The molecule has 18 heavy (non-hydrogen) atoms. The van der Waals surface area contributed by atoms with Crippen LogP contribution in [0.25, 0.3) is 0 Å². The van der Waals surface area contributed by atoms with E-state index in [1.807, 2.05) is 11.3 Å². The summed E-state index contributed by atoms with van der Waals surface area (Å²) < 4.78 is 5.68. The lowest BCUT2D eigenvalue weighted by atomic mass is 10.2. The Labute approximate surface area is 114 Å². The topological polar surface area (TPSA) is 34.1 Å². The Kier molecular flexibility index (Phi) is 5.15. The van der Waals surface area contributed by atoms with E-state index in [-0.39, 0.29) is 0 Å². The molecular weight excluding hydrogens is 244 g/mol. The quantitative estimate of drug-likeness (QED) is 0.860. The van der Waals surface area contributed by atoms with Gasteiger partial charge in [-0.3, -0.25) is 0 Å². The summed E-state index contributed by atoms with van der Waals surface area (Å²) in [4.78, 5) is 6.09. The molecule has 0 aliphatic carbocycles. The predicted octanol–water partition coefficient (Wildman–Crippen LogP) is 3.23. The number of nitrogens with zero attached hydrogens (tertiary/aromatic N) is 1. The lowest BCUT2D eigenvalue weighted by Gasteiger charge is -2.11. The van der Waals surface area contributed by atoms with Gasteiger partial charge >= 0.3 is 0 Å². The predicted molar refractivity (Wildman–Crippen MR) is 76.2 cm³/mol. The third-order valence-electron chi connectivity index (χ3n) is 3.40. The largest absolute Gasteiger partial charge is 0.378 e. The summed E-state index contributed by atoms with van der Waals surface area (Å²) in [6.07, 6.45) is 4.97. The van der Waals surface area contributed by atoms with Crippen LogP contribution in [0.4, 0.5) is 0 Å². The first-order chi connectivity index (χ1) is 8.70. The molecule has 1 N–H and O–H groups in total. The zero-order valence-electron chi connectivity index (χ0n) is 11.7. The van der Waals surface area contributed by atoms with Crippen molar-refractivity contribution in [1.29, 1.82) is 0 Å². The number of rotatable bonds is 6. The second-order valence-corrected chi connectivity index (χ2v) is 6.19. The Morgan fingerprint density at radius 2 is 2.39 bits per heavy atom. The summed E-state index contributed by atoms with van der Waals surface area (Å²) in [5, 5.41) is 4.77. The van der Waals surface area contributed by atoms with Crippen molar-refractivity contribution in [2.45, 2.75) is 58.6 Å². The van der Waals surface area contributed by atoms with Gasteiger partial charge in [-0.25, -0.2) is 4.98 Å². The van der Waals surface area contributed by atoms with Crippen molar-refractivity contribution >= 4 is 11.3 Å². The van der Waals surface area contributed by atoms with Crippen molar-refractivity contribution < 1.29 is 4.74 Å². The summed E-state index contributed by atoms with van der Waals surface area (Å²) in [5.74, 6) is 0. The van der Waals surface area contributed by atoms with Gasteiger partial charge in [0.15, 0.2) is 0 Å².